The summed E-state index contributed by atoms with van der Waals surface area (Å²) in [6.07, 6.45) is 11.6. The maximum absolute atomic E-state index is 7.33. The zero-order valence-corrected chi connectivity index (χ0v) is 30.1. The number of nitrogens with zero attached hydrogens (tertiary/aromatic N) is 9. The van der Waals surface area contributed by atoms with Crippen molar-refractivity contribution in [3.05, 3.63) is 40.6 Å². The first-order valence-electron chi connectivity index (χ1n) is 5.69. The summed E-state index contributed by atoms with van der Waals surface area (Å²) in [4.78, 5) is 2.36. The molecule has 5 radical (unpaired) electrons. The van der Waals surface area contributed by atoms with Gasteiger partial charge in [-0.1, -0.05) is 19.0 Å². The van der Waals surface area contributed by atoms with Crippen molar-refractivity contribution in [3.63, 3.8) is 0 Å². The Bertz CT molecular complexity index is 517. The average Bonchev–Trinajstić information content (AvgIpc) is 2.99. The van der Waals surface area contributed by atoms with Gasteiger partial charge in [0, 0.05) is 176 Å². The summed E-state index contributed by atoms with van der Waals surface area (Å²) >= 11 is 0. The van der Waals surface area contributed by atoms with E-state index in [1.807, 2.05) is 19.8 Å². The van der Waals surface area contributed by atoms with Gasteiger partial charge < -0.3 is 34.1 Å². The molecule has 0 aliphatic carbocycles. The first kappa shape index (κ1) is 46.7. The standard InChI is InChI=1S/2C4H6N3.C3H3.CH3N3.5Y/c2*1-4-3-7(2)6-5-4;1-3-2;1-3-4-2;;;;;/h2*1-2H3;1H3;1H3;;;;;/q3*-1;;;;;;. The average molecular weight is 733 g/mol. The van der Waals surface area contributed by atoms with Crippen molar-refractivity contribution in [2.75, 3.05) is 7.05 Å². The van der Waals surface area contributed by atoms with Gasteiger partial charge in [0.2, 0.25) is 0 Å². The van der Waals surface area contributed by atoms with E-state index in [-0.39, 0.29) is 164 Å². The molecule has 0 amide bonds. The van der Waals surface area contributed by atoms with Gasteiger partial charge in [-0.15, -0.1) is 21.8 Å². The van der Waals surface area contributed by atoms with Gasteiger partial charge in [0.1, 0.15) is 0 Å². The minimum absolute atomic E-state index is 0. The fourth-order valence-corrected chi connectivity index (χ4v) is 0.826. The fourth-order valence-electron chi connectivity index (χ4n) is 0.826. The molecule has 0 atom stereocenters. The van der Waals surface area contributed by atoms with E-state index >= 15 is 0 Å². The van der Waals surface area contributed by atoms with Crippen LogP contribution in [0.3, 0.4) is 0 Å². The van der Waals surface area contributed by atoms with Crippen LogP contribution in [0.4, 0.5) is 0 Å². The van der Waals surface area contributed by atoms with Crippen LogP contribution >= 0.6 is 0 Å². The number of hydrogen-bond donors (Lipinski definition) is 0. The summed E-state index contributed by atoms with van der Waals surface area (Å²) in [5, 5.41) is 17.5. The van der Waals surface area contributed by atoms with Gasteiger partial charge in [-0.05, 0) is 26.6 Å². The van der Waals surface area contributed by atoms with Crippen molar-refractivity contribution in [3.8, 4) is 5.92 Å². The third kappa shape index (κ3) is 37.4. The van der Waals surface area contributed by atoms with Gasteiger partial charge in [0.15, 0.2) is 0 Å². The zero-order valence-electron chi connectivity index (χ0n) is 15.9. The van der Waals surface area contributed by atoms with Gasteiger partial charge in [0.25, 0.3) is 0 Å². The van der Waals surface area contributed by atoms with Gasteiger partial charge in [-0.2, -0.15) is 10.2 Å². The Morgan fingerprint density at radius 3 is 1.23 bits per heavy atom. The number of azide groups is 1. The Morgan fingerprint density at radius 2 is 1.19 bits per heavy atom. The molecule has 0 aromatic carbocycles. The van der Waals surface area contributed by atoms with Gasteiger partial charge in [-0.3, -0.25) is 0 Å². The molecule has 129 valence electrons. The molecular formula is C12H18N9Y5-3. The predicted molar refractivity (Wildman–Crippen MR) is 77.0 cm³/mol. The third-order valence-corrected chi connectivity index (χ3v) is 1.39. The molecule has 2 rings (SSSR count). The number of hydrogen-bond acceptors (Lipinski definition) is 5. The van der Waals surface area contributed by atoms with Gasteiger partial charge in [0.05, 0.1) is 0 Å². The molecule has 14 heteroatoms. The van der Waals surface area contributed by atoms with Crippen LogP contribution in [0.15, 0.2) is 5.11 Å². The molecule has 0 aliphatic heterocycles. The third-order valence-electron chi connectivity index (χ3n) is 1.39. The van der Waals surface area contributed by atoms with E-state index in [9.17, 15) is 0 Å². The second-order valence-electron chi connectivity index (χ2n) is 3.36. The van der Waals surface area contributed by atoms with E-state index in [0.717, 1.165) is 11.4 Å². The van der Waals surface area contributed by atoms with Crippen LogP contribution in [0.25, 0.3) is 10.4 Å². The van der Waals surface area contributed by atoms with Crippen LogP contribution in [0.5, 0.6) is 0 Å². The van der Waals surface area contributed by atoms with E-state index in [0.29, 0.717) is 0 Å². The second kappa shape index (κ2) is 35.1. The van der Waals surface area contributed by atoms with E-state index in [1.165, 1.54) is 7.05 Å². The minimum atomic E-state index is 0. The summed E-state index contributed by atoms with van der Waals surface area (Å²) in [5.41, 5.74) is 9.00. The summed E-state index contributed by atoms with van der Waals surface area (Å²) in [6.45, 7) is 5.25. The Kier molecular flexibility index (Phi) is 63.2. The Hall–Kier alpha value is 2.67. The Labute approximate surface area is 281 Å². The molecule has 0 N–H and O–H groups in total. The molecule has 26 heavy (non-hydrogen) atoms. The molecule has 0 saturated carbocycles. The van der Waals surface area contributed by atoms with E-state index in [1.54, 1.807) is 30.4 Å². The van der Waals surface area contributed by atoms with Crippen LogP contribution in [-0.2, 0) is 178 Å². The zero-order chi connectivity index (χ0) is 16.7. The molecule has 2 aromatic rings. The molecule has 0 fully saturated rings. The van der Waals surface area contributed by atoms with Crippen LogP contribution in [0.2, 0.25) is 0 Å². The smallest absolute Gasteiger partial charge is 0.0139 e. The molecule has 0 unspecified atom stereocenters. The molecule has 0 bridgehead atoms. The van der Waals surface area contributed by atoms with Gasteiger partial charge in [-0.25, -0.2) is 0 Å². The van der Waals surface area contributed by atoms with E-state index in [2.05, 4.69) is 43.0 Å². The van der Waals surface area contributed by atoms with Crippen molar-refractivity contribution in [1.82, 2.24) is 30.0 Å². The predicted octanol–water partition coefficient (Wildman–Crippen LogP) is 1.36. The maximum atomic E-state index is 7.33. The molecule has 0 aliphatic rings. The van der Waals surface area contributed by atoms with Crippen molar-refractivity contribution in [2.24, 2.45) is 19.2 Å². The molecular weight excluding hydrogens is 715 g/mol. The quantitative estimate of drug-likeness (QED) is 0.134. The second-order valence-corrected chi connectivity index (χ2v) is 3.36. The molecule has 0 spiro atoms. The normalized spacial score (nSPS) is 6.04. The van der Waals surface area contributed by atoms with Crippen LogP contribution < -0.4 is 0 Å². The van der Waals surface area contributed by atoms with Gasteiger partial charge >= 0.3 is 0 Å². The van der Waals surface area contributed by atoms with E-state index < -0.39 is 0 Å². The number of aryl methyl sites for hydroxylation is 4. The van der Waals surface area contributed by atoms with Crippen molar-refractivity contribution in [1.29, 1.82) is 0 Å². The number of rotatable bonds is 0. The summed E-state index contributed by atoms with van der Waals surface area (Å²) in [7, 11) is 4.97. The molecule has 2 heterocycles. The van der Waals surface area contributed by atoms with Crippen molar-refractivity contribution < 1.29 is 164 Å². The van der Waals surface area contributed by atoms with Crippen LogP contribution in [-0.4, -0.2) is 37.0 Å². The minimum Gasteiger partial charge on any atom is -0.694 e. The SMILES string of the molecule is CN=[N+]=[N-].Cc1[c-]n(C)nn1.Cc1[c-]n(C)nn1.[C-]#CC.[Y].[Y].[Y].[Y].[Y]. The fraction of sp³-hybridized carbons (Fsp3) is 0.500. The topological polar surface area (TPSA) is 110 Å². The molecule has 2 aromatic heterocycles. The van der Waals surface area contributed by atoms with Crippen molar-refractivity contribution >= 4 is 0 Å². The van der Waals surface area contributed by atoms with E-state index in [4.69, 9.17) is 12.0 Å². The number of aromatic nitrogens is 6. The Morgan fingerprint density at radius 1 is 0.962 bits per heavy atom. The van der Waals surface area contributed by atoms with Crippen LogP contribution in [0.1, 0.15) is 18.3 Å². The summed E-state index contributed by atoms with van der Waals surface area (Å²) in [5.74, 6) is 2.00. The summed E-state index contributed by atoms with van der Waals surface area (Å²) in [6, 6.07) is 0. The largest absolute Gasteiger partial charge is 0.694 e. The van der Waals surface area contributed by atoms with Crippen LogP contribution in [0, 0.1) is 38.6 Å². The summed E-state index contributed by atoms with van der Waals surface area (Å²) < 4.78 is 3.10. The first-order valence-corrected chi connectivity index (χ1v) is 5.69. The molecule has 9 nitrogen and oxygen atoms in total. The monoisotopic (exact) mass is 733 g/mol. The van der Waals surface area contributed by atoms with Crippen molar-refractivity contribution in [2.45, 2.75) is 20.8 Å². The molecule has 0 saturated heterocycles. The maximum Gasteiger partial charge on any atom is 0.0139 e. The first-order chi connectivity index (χ1) is 9.90. The Balaban J connectivity index is -0.0000000365.